The monoisotopic (exact) mass is 225 g/mol. The number of hydrogen-bond acceptors (Lipinski definition) is 3. The van der Waals surface area contributed by atoms with Gasteiger partial charge in [0.1, 0.15) is 6.04 Å². The molecule has 0 aromatic rings. The lowest BCUT2D eigenvalue weighted by atomic mass is 10.0. The van der Waals surface area contributed by atoms with Gasteiger partial charge < -0.3 is 10.6 Å². The normalized spacial score (nSPS) is 36.2. The highest BCUT2D eigenvalue weighted by Gasteiger charge is 2.37. The van der Waals surface area contributed by atoms with Crippen molar-refractivity contribution in [2.45, 2.75) is 38.3 Å². The molecule has 3 atom stereocenters. The summed E-state index contributed by atoms with van der Waals surface area (Å²) in [7, 11) is 1.73. The summed E-state index contributed by atoms with van der Waals surface area (Å²) in [5.74, 6) is 0.900. The summed E-state index contributed by atoms with van der Waals surface area (Å²) in [6.45, 7) is 5.13. The molecule has 1 amide bonds. The molecule has 0 aromatic carbocycles. The van der Waals surface area contributed by atoms with Gasteiger partial charge in [-0.25, -0.2) is 0 Å². The van der Waals surface area contributed by atoms with E-state index in [1.165, 1.54) is 19.3 Å². The van der Waals surface area contributed by atoms with Crippen LogP contribution in [0.15, 0.2) is 0 Å². The minimum Gasteiger partial charge on any atom is -0.358 e. The van der Waals surface area contributed by atoms with Crippen LogP contribution in [-0.4, -0.2) is 49.6 Å². The fourth-order valence-electron chi connectivity index (χ4n) is 3.15. The van der Waals surface area contributed by atoms with Crippen LogP contribution in [0.2, 0.25) is 0 Å². The number of piperazine rings is 1. The van der Waals surface area contributed by atoms with Crippen molar-refractivity contribution >= 4 is 5.91 Å². The van der Waals surface area contributed by atoms with E-state index < -0.39 is 0 Å². The van der Waals surface area contributed by atoms with Gasteiger partial charge in [0.15, 0.2) is 0 Å². The number of nitrogens with zero attached hydrogens (tertiary/aromatic N) is 1. The van der Waals surface area contributed by atoms with Crippen LogP contribution >= 0.6 is 0 Å². The Morgan fingerprint density at radius 1 is 1.44 bits per heavy atom. The standard InChI is InChI=1S/C12H23N3O/c1-9-4-3-5-10(9)15-7-6-14-8-11(15)12(16)13-2/h9-11,14H,3-8H2,1-2H3,(H,13,16). The first-order valence-corrected chi connectivity index (χ1v) is 6.42. The van der Waals surface area contributed by atoms with Gasteiger partial charge in [-0.3, -0.25) is 9.69 Å². The number of likely N-dealkylation sites (N-methyl/N-ethyl adjacent to an activating group) is 1. The van der Waals surface area contributed by atoms with Gasteiger partial charge in [0.2, 0.25) is 5.91 Å². The zero-order valence-electron chi connectivity index (χ0n) is 10.3. The Kier molecular flexibility index (Phi) is 3.82. The van der Waals surface area contributed by atoms with Crippen molar-refractivity contribution in [2.24, 2.45) is 5.92 Å². The van der Waals surface area contributed by atoms with Crippen LogP contribution in [0.4, 0.5) is 0 Å². The Morgan fingerprint density at radius 3 is 2.88 bits per heavy atom. The third-order valence-corrected chi connectivity index (χ3v) is 4.08. The SMILES string of the molecule is CNC(=O)C1CNCCN1C1CCCC1C. The molecule has 0 spiro atoms. The molecule has 1 saturated heterocycles. The van der Waals surface area contributed by atoms with Gasteiger partial charge in [0.05, 0.1) is 0 Å². The summed E-state index contributed by atoms with van der Waals surface area (Å²) < 4.78 is 0. The summed E-state index contributed by atoms with van der Waals surface area (Å²) >= 11 is 0. The van der Waals surface area contributed by atoms with Crippen LogP contribution in [0, 0.1) is 5.92 Å². The molecule has 16 heavy (non-hydrogen) atoms. The third-order valence-electron chi connectivity index (χ3n) is 4.08. The molecule has 4 heteroatoms. The number of carbonyl (C=O) groups is 1. The maximum atomic E-state index is 11.8. The fourth-order valence-corrected chi connectivity index (χ4v) is 3.15. The molecular weight excluding hydrogens is 202 g/mol. The molecule has 2 rings (SSSR count). The first kappa shape index (κ1) is 11.9. The summed E-state index contributed by atoms with van der Waals surface area (Å²) in [5.41, 5.74) is 0. The quantitative estimate of drug-likeness (QED) is 0.705. The number of rotatable bonds is 2. The van der Waals surface area contributed by atoms with Gasteiger partial charge in [0.25, 0.3) is 0 Å². The van der Waals surface area contributed by atoms with Gasteiger partial charge >= 0.3 is 0 Å². The average Bonchev–Trinajstić information content (AvgIpc) is 2.74. The van der Waals surface area contributed by atoms with E-state index in [1.807, 2.05) is 0 Å². The van der Waals surface area contributed by atoms with Gasteiger partial charge in [-0.05, 0) is 18.8 Å². The summed E-state index contributed by atoms with van der Waals surface area (Å²) in [4.78, 5) is 14.3. The number of nitrogens with one attached hydrogen (secondary N) is 2. The molecule has 2 fully saturated rings. The molecule has 2 aliphatic rings. The largest absolute Gasteiger partial charge is 0.358 e. The maximum Gasteiger partial charge on any atom is 0.238 e. The molecule has 3 unspecified atom stereocenters. The van der Waals surface area contributed by atoms with Crippen LogP contribution < -0.4 is 10.6 Å². The second-order valence-electron chi connectivity index (χ2n) is 5.05. The fraction of sp³-hybridized carbons (Fsp3) is 0.917. The highest BCUT2D eigenvalue weighted by molar-refractivity contribution is 5.81. The maximum absolute atomic E-state index is 11.8. The molecule has 1 aliphatic carbocycles. The molecule has 0 aromatic heterocycles. The molecule has 92 valence electrons. The highest BCUT2D eigenvalue weighted by atomic mass is 16.2. The van der Waals surface area contributed by atoms with E-state index in [-0.39, 0.29) is 11.9 Å². The number of carbonyl (C=O) groups excluding carboxylic acids is 1. The van der Waals surface area contributed by atoms with Crippen molar-refractivity contribution in [3.05, 3.63) is 0 Å². The summed E-state index contributed by atoms with van der Waals surface area (Å²) in [6.07, 6.45) is 3.89. The predicted molar refractivity (Wildman–Crippen MR) is 64.2 cm³/mol. The molecule has 2 N–H and O–H groups in total. The van der Waals surface area contributed by atoms with E-state index in [0.717, 1.165) is 25.6 Å². The first-order valence-electron chi connectivity index (χ1n) is 6.42. The number of hydrogen-bond donors (Lipinski definition) is 2. The van der Waals surface area contributed by atoms with Gasteiger partial charge in [-0.1, -0.05) is 13.3 Å². The second-order valence-corrected chi connectivity index (χ2v) is 5.05. The van der Waals surface area contributed by atoms with Crippen molar-refractivity contribution in [1.29, 1.82) is 0 Å². The van der Waals surface area contributed by atoms with Crippen LogP contribution in [0.5, 0.6) is 0 Å². The number of amides is 1. The zero-order valence-corrected chi connectivity index (χ0v) is 10.3. The van der Waals surface area contributed by atoms with Crippen molar-refractivity contribution in [1.82, 2.24) is 15.5 Å². The van der Waals surface area contributed by atoms with Crippen molar-refractivity contribution < 1.29 is 4.79 Å². The van der Waals surface area contributed by atoms with E-state index in [9.17, 15) is 4.79 Å². The molecule has 1 aliphatic heterocycles. The van der Waals surface area contributed by atoms with Gasteiger partial charge in [-0.2, -0.15) is 0 Å². The Hall–Kier alpha value is -0.610. The second kappa shape index (κ2) is 5.15. The minimum absolute atomic E-state index is 0.0318. The Balaban J connectivity index is 2.06. The average molecular weight is 225 g/mol. The third kappa shape index (κ3) is 2.23. The summed E-state index contributed by atoms with van der Waals surface area (Å²) in [6, 6.07) is 0.647. The zero-order chi connectivity index (χ0) is 11.5. The topological polar surface area (TPSA) is 44.4 Å². The Labute approximate surface area is 97.8 Å². The van der Waals surface area contributed by atoms with Crippen LogP contribution in [-0.2, 0) is 4.79 Å². The highest BCUT2D eigenvalue weighted by Crippen LogP contribution is 2.31. The molecule has 1 heterocycles. The lowest BCUT2D eigenvalue weighted by Gasteiger charge is -2.40. The Morgan fingerprint density at radius 2 is 2.25 bits per heavy atom. The minimum atomic E-state index is 0.0318. The molecule has 4 nitrogen and oxygen atoms in total. The van der Waals surface area contributed by atoms with E-state index >= 15 is 0 Å². The van der Waals surface area contributed by atoms with E-state index in [2.05, 4.69) is 22.5 Å². The molecule has 0 bridgehead atoms. The molecule has 0 radical (unpaired) electrons. The molecular formula is C12H23N3O. The first-order chi connectivity index (χ1) is 7.74. The van der Waals surface area contributed by atoms with Crippen molar-refractivity contribution in [2.75, 3.05) is 26.7 Å². The lowest BCUT2D eigenvalue weighted by Crippen LogP contribution is -2.60. The van der Waals surface area contributed by atoms with Crippen LogP contribution in [0.25, 0.3) is 0 Å². The van der Waals surface area contributed by atoms with Crippen LogP contribution in [0.3, 0.4) is 0 Å². The van der Waals surface area contributed by atoms with Gasteiger partial charge in [-0.15, -0.1) is 0 Å². The lowest BCUT2D eigenvalue weighted by molar-refractivity contribution is -0.127. The summed E-state index contributed by atoms with van der Waals surface area (Å²) in [5, 5.41) is 6.10. The van der Waals surface area contributed by atoms with E-state index in [1.54, 1.807) is 7.05 Å². The van der Waals surface area contributed by atoms with Crippen molar-refractivity contribution in [3.63, 3.8) is 0 Å². The van der Waals surface area contributed by atoms with Crippen molar-refractivity contribution in [3.8, 4) is 0 Å². The van der Waals surface area contributed by atoms with Gasteiger partial charge in [0, 0.05) is 32.7 Å². The van der Waals surface area contributed by atoms with E-state index in [0.29, 0.717) is 6.04 Å². The predicted octanol–water partition coefficient (Wildman–Crippen LogP) is 0.195. The van der Waals surface area contributed by atoms with Crippen LogP contribution in [0.1, 0.15) is 26.2 Å². The molecule has 1 saturated carbocycles. The smallest absolute Gasteiger partial charge is 0.238 e. The van der Waals surface area contributed by atoms with E-state index in [4.69, 9.17) is 0 Å². The Bertz CT molecular complexity index is 257.